The monoisotopic (exact) mass is 594 g/mol. The van der Waals surface area contributed by atoms with Crippen LogP contribution in [0, 0.1) is 17.1 Å². The molecule has 1 atom stereocenters. The van der Waals surface area contributed by atoms with E-state index in [1.807, 2.05) is 29.2 Å². The first kappa shape index (κ1) is 28.7. The Kier molecular flexibility index (Phi) is 7.71. The van der Waals surface area contributed by atoms with Gasteiger partial charge >= 0.3 is 6.01 Å². The molecule has 0 spiro atoms. The van der Waals surface area contributed by atoms with Crippen molar-refractivity contribution in [3.05, 3.63) is 59.9 Å². The van der Waals surface area contributed by atoms with Crippen LogP contribution in [0.5, 0.6) is 6.01 Å². The topological polar surface area (TPSA) is 85.6 Å². The maximum Gasteiger partial charge on any atom is 0.319 e. The molecule has 1 aromatic heterocycles. The van der Waals surface area contributed by atoms with Crippen LogP contribution in [-0.4, -0.2) is 76.6 Å². The number of nitriles is 1. The van der Waals surface area contributed by atoms with E-state index in [1.165, 1.54) is 17.2 Å². The van der Waals surface area contributed by atoms with Crippen molar-refractivity contribution in [3.8, 4) is 23.2 Å². The van der Waals surface area contributed by atoms with Crippen LogP contribution in [-0.2, 0) is 17.6 Å². The minimum atomic E-state index is -0.370. The molecule has 3 aliphatic heterocycles. The molecule has 7 rings (SSSR count). The summed E-state index contributed by atoms with van der Waals surface area (Å²) in [6, 6.07) is 12.0. The quantitative estimate of drug-likeness (QED) is 0.337. The van der Waals surface area contributed by atoms with Gasteiger partial charge in [-0.15, -0.1) is 0 Å². The lowest BCUT2D eigenvalue weighted by atomic mass is 9.85. The molecule has 1 aliphatic carbocycles. The Bertz CT molecular complexity index is 1640. The van der Waals surface area contributed by atoms with E-state index in [0.29, 0.717) is 43.0 Å². The Balaban J connectivity index is 1.30. The van der Waals surface area contributed by atoms with Crippen molar-refractivity contribution in [2.45, 2.75) is 69.4 Å². The van der Waals surface area contributed by atoms with Gasteiger partial charge in [-0.05, 0) is 93.3 Å². The minimum Gasteiger partial charge on any atom is -0.461 e. The predicted octanol–water partition coefficient (Wildman–Crippen LogP) is 5.44. The maximum atomic E-state index is 16.7. The standard InChI is InChI=1S/C35H39FN6O2/c1-2-30(43)42-21-20-40(22-25(42)14-17-37)33-29-13-12-28(27-11-5-9-24-8-3-4-10-26(24)27)31(36)32(29)38-34(39-33)44-23-35-15-6-18-41(35)19-7-16-35/h2,5,9,11-13,25H,1,3-4,6-8,10,14-16,18-23H2/t25-/m0/s1. The Morgan fingerprint density at radius 2 is 1.89 bits per heavy atom. The van der Waals surface area contributed by atoms with Gasteiger partial charge in [0.15, 0.2) is 5.82 Å². The zero-order valence-electron chi connectivity index (χ0n) is 25.2. The van der Waals surface area contributed by atoms with Gasteiger partial charge in [0.25, 0.3) is 0 Å². The number of nitrogens with zero attached hydrogens (tertiary/aromatic N) is 6. The molecule has 0 saturated carbocycles. The van der Waals surface area contributed by atoms with Crippen molar-refractivity contribution >= 4 is 22.6 Å². The molecule has 8 nitrogen and oxygen atoms in total. The molecule has 3 fully saturated rings. The number of aryl methyl sites for hydroxylation is 1. The van der Waals surface area contributed by atoms with E-state index in [0.717, 1.165) is 70.0 Å². The molecule has 0 bridgehead atoms. The van der Waals surface area contributed by atoms with Crippen LogP contribution in [0.25, 0.3) is 22.0 Å². The molecule has 9 heteroatoms. The predicted molar refractivity (Wildman–Crippen MR) is 168 cm³/mol. The zero-order chi connectivity index (χ0) is 30.3. The van der Waals surface area contributed by atoms with Crippen LogP contribution < -0.4 is 9.64 Å². The maximum absolute atomic E-state index is 16.7. The van der Waals surface area contributed by atoms with E-state index in [-0.39, 0.29) is 41.3 Å². The summed E-state index contributed by atoms with van der Waals surface area (Å²) in [4.78, 5) is 28.4. The Labute approximate surface area is 258 Å². The highest BCUT2D eigenvalue weighted by Gasteiger charge is 2.45. The second-order valence-electron chi connectivity index (χ2n) is 12.7. The fourth-order valence-corrected chi connectivity index (χ4v) is 8.07. The Hall–Kier alpha value is -4.03. The highest BCUT2D eigenvalue weighted by molar-refractivity contribution is 5.94. The third-order valence-electron chi connectivity index (χ3n) is 10.3. The molecule has 3 saturated heterocycles. The van der Waals surface area contributed by atoms with Crippen molar-refractivity contribution in [1.29, 1.82) is 5.26 Å². The van der Waals surface area contributed by atoms with Gasteiger partial charge in [0.05, 0.1) is 24.1 Å². The van der Waals surface area contributed by atoms with E-state index >= 15 is 4.39 Å². The summed E-state index contributed by atoms with van der Waals surface area (Å²) in [5, 5.41) is 10.1. The average molecular weight is 595 g/mol. The van der Waals surface area contributed by atoms with E-state index in [1.54, 1.807) is 4.90 Å². The number of rotatable bonds is 7. The van der Waals surface area contributed by atoms with Crippen LogP contribution in [0.15, 0.2) is 43.0 Å². The first-order chi connectivity index (χ1) is 21.5. The molecule has 4 heterocycles. The number of aromatic nitrogens is 2. The third kappa shape index (κ3) is 4.99. The normalized spacial score (nSPS) is 21.1. The minimum absolute atomic E-state index is 0.00343. The van der Waals surface area contributed by atoms with Gasteiger partial charge in [-0.3, -0.25) is 9.69 Å². The number of carbonyl (C=O) groups excluding carboxylic acids is 1. The van der Waals surface area contributed by atoms with Gasteiger partial charge in [-0.2, -0.15) is 15.2 Å². The second kappa shape index (κ2) is 11.8. The number of piperazine rings is 1. The molecular formula is C35H39FN6O2. The van der Waals surface area contributed by atoms with E-state index in [9.17, 15) is 10.1 Å². The van der Waals surface area contributed by atoms with Gasteiger partial charge in [0, 0.05) is 30.6 Å². The number of fused-ring (bicyclic) bond motifs is 3. The summed E-state index contributed by atoms with van der Waals surface area (Å²) in [6.45, 7) is 7.57. The SMILES string of the molecule is C=CC(=O)N1CCN(c2nc(OCC34CCCN3CCC4)nc3c(F)c(-c4cccc5c4CCCC5)ccc23)C[C@@H]1CC#N. The molecule has 3 aromatic rings. The molecule has 4 aliphatic rings. The summed E-state index contributed by atoms with van der Waals surface area (Å²) in [7, 11) is 0. The number of carbonyl (C=O) groups is 1. The number of anilines is 1. The second-order valence-corrected chi connectivity index (χ2v) is 12.7. The van der Waals surface area contributed by atoms with Crippen molar-refractivity contribution in [1.82, 2.24) is 19.8 Å². The smallest absolute Gasteiger partial charge is 0.319 e. The lowest BCUT2D eigenvalue weighted by Crippen LogP contribution is -2.55. The van der Waals surface area contributed by atoms with Crippen LogP contribution in [0.2, 0.25) is 0 Å². The van der Waals surface area contributed by atoms with Crippen LogP contribution in [0.3, 0.4) is 0 Å². The summed E-state index contributed by atoms with van der Waals surface area (Å²) < 4.78 is 23.1. The number of benzene rings is 2. The third-order valence-corrected chi connectivity index (χ3v) is 10.3. The highest BCUT2D eigenvalue weighted by Crippen LogP contribution is 2.40. The van der Waals surface area contributed by atoms with Gasteiger partial charge in [-0.25, -0.2) is 4.39 Å². The largest absolute Gasteiger partial charge is 0.461 e. The van der Waals surface area contributed by atoms with Crippen molar-refractivity contribution in [2.75, 3.05) is 44.2 Å². The van der Waals surface area contributed by atoms with E-state index in [2.05, 4.69) is 23.6 Å². The molecule has 0 unspecified atom stereocenters. The lowest BCUT2D eigenvalue weighted by Gasteiger charge is -2.41. The molecule has 0 radical (unpaired) electrons. The molecule has 228 valence electrons. The lowest BCUT2D eigenvalue weighted by molar-refractivity contribution is -0.128. The average Bonchev–Trinajstić information content (AvgIpc) is 3.64. The number of hydrogen-bond donors (Lipinski definition) is 0. The van der Waals surface area contributed by atoms with Crippen molar-refractivity contribution in [3.63, 3.8) is 0 Å². The van der Waals surface area contributed by atoms with Crippen LogP contribution in [0.1, 0.15) is 56.1 Å². The summed E-state index contributed by atoms with van der Waals surface area (Å²) in [5.74, 6) is 0.0113. The fraction of sp³-hybridized carbons (Fsp3) is 0.486. The van der Waals surface area contributed by atoms with Gasteiger partial charge in [0.2, 0.25) is 5.91 Å². The number of ether oxygens (including phenoxy) is 1. The van der Waals surface area contributed by atoms with Gasteiger partial charge < -0.3 is 14.5 Å². The first-order valence-electron chi connectivity index (χ1n) is 16.1. The fourth-order valence-electron chi connectivity index (χ4n) is 8.07. The number of halogens is 1. The molecule has 44 heavy (non-hydrogen) atoms. The molecule has 0 N–H and O–H groups in total. The molecule has 1 amide bonds. The summed E-state index contributed by atoms with van der Waals surface area (Å²) in [5.41, 5.74) is 4.24. The zero-order valence-corrected chi connectivity index (χ0v) is 25.2. The summed E-state index contributed by atoms with van der Waals surface area (Å²) >= 11 is 0. The van der Waals surface area contributed by atoms with E-state index < -0.39 is 0 Å². The number of hydrogen-bond acceptors (Lipinski definition) is 7. The van der Waals surface area contributed by atoms with Gasteiger partial charge in [0.1, 0.15) is 17.9 Å². The van der Waals surface area contributed by atoms with Gasteiger partial charge in [-0.1, -0.05) is 30.8 Å². The van der Waals surface area contributed by atoms with Crippen LogP contribution >= 0.6 is 0 Å². The van der Waals surface area contributed by atoms with E-state index in [4.69, 9.17) is 14.7 Å². The first-order valence-corrected chi connectivity index (χ1v) is 16.1. The molecule has 2 aromatic carbocycles. The van der Waals surface area contributed by atoms with Crippen molar-refractivity contribution < 1.29 is 13.9 Å². The Morgan fingerprint density at radius 3 is 2.68 bits per heavy atom. The summed E-state index contributed by atoms with van der Waals surface area (Å²) in [6.07, 6.45) is 10.2. The highest BCUT2D eigenvalue weighted by atomic mass is 19.1. The number of amides is 1. The van der Waals surface area contributed by atoms with Crippen LogP contribution in [0.4, 0.5) is 10.2 Å². The van der Waals surface area contributed by atoms with Crippen molar-refractivity contribution in [2.24, 2.45) is 0 Å². The molecular weight excluding hydrogens is 555 g/mol. The Morgan fingerprint density at radius 1 is 1.07 bits per heavy atom.